The van der Waals surface area contributed by atoms with Gasteiger partial charge in [-0.1, -0.05) is 0 Å². The van der Waals surface area contributed by atoms with Crippen molar-refractivity contribution in [2.75, 3.05) is 0 Å². The molecule has 1 N–H and O–H groups in total. The monoisotopic (exact) mass is 228 g/mol. The van der Waals surface area contributed by atoms with Gasteiger partial charge in [-0.05, 0) is 12.1 Å². The summed E-state index contributed by atoms with van der Waals surface area (Å²) in [5, 5.41) is 8.92. The first kappa shape index (κ1) is 9.92. The molecule has 0 radical (unpaired) electrons. The zero-order valence-corrected chi connectivity index (χ0v) is 8.20. The van der Waals surface area contributed by atoms with Crippen molar-refractivity contribution in [1.29, 1.82) is 0 Å². The highest BCUT2D eigenvalue weighted by molar-refractivity contribution is 6.17. The molecule has 0 unspecified atom stereocenters. The number of halogens is 2. The van der Waals surface area contributed by atoms with Crippen molar-refractivity contribution >= 4 is 28.7 Å². The van der Waals surface area contributed by atoms with Crippen molar-refractivity contribution in [1.82, 2.24) is 9.55 Å². The fourth-order valence-electron chi connectivity index (χ4n) is 1.41. The number of alkyl halides is 1. The summed E-state index contributed by atoms with van der Waals surface area (Å²) >= 11 is 5.55. The molecule has 6 heteroatoms. The third-order valence-corrected chi connectivity index (χ3v) is 2.24. The second-order valence-electron chi connectivity index (χ2n) is 2.91. The molecule has 0 saturated heterocycles. The van der Waals surface area contributed by atoms with Crippen LogP contribution < -0.4 is 0 Å². The standard InChI is InChI=1S/C9H6ClFN2O2/c10-4-8-12-6-3-5(11)1-2-7(6)13(8)9(14)15/h1-3H,4H2,(H,14,15). The molecule has 0 saturated carbocycles. The summed E-state index contributed by atoms with van der Waals surface area (Å²) in [4.78, 5) is 14.8. The van der Waals surface area contributed by atoms with E-state index in [-0.39, 0.29) is 17.2 Å². The van der Waals surface area contributed by atoms with Crippen LogP contribution in [0.25, 0.3) is 11.0 Å². The maximum Gasteiger partial charge on any atom is 0.417 e. The molecular weight excluding hydrogens is 223 g/mol. The van der Waals surface area contributed by atoms with Gasteiger partial charge in [0.05, 0.1) is 16.9 Å². The number of aromatic nitrogens is 2. The van der Waals surface area contributed by atoms with Crippen LogP contribution in [-0.4, -0.2) is 20.8 Å². The highest BCUT2D eigenvalue weighted by Gasteiger charge is 2.15. The number of hydrogen-bond acceptors (Lipinski definition) is 2. The molecule has 0 bridgehead atoms. The normalized spacial score (nSPS) is 10.8. The van der Waals surface area contributed by atoms with E-state index in [1.807, 2.05) is 0 Å². The van der Waals surface area contributed by atoms with Crippen LogP contribution in [0.1, 0.15) is 5.82 Å². The Balaban J connectivity index is 2.80. The average molecular weight is 229 g/mol. The summed E-state index contributed by atoms with van der Waals surface area (Å²) in [6.07, 6.45) is -1.18. The molecule has 0 aliphatic carbocycles. The molecule has 15 heavy (non-hydrogen) atoms. The number of rotatable bonds is 1. The Morgan fingerprint density at radius 3 is 2.93 bits per heavy atom. The summed E-state index contributed by atoms with van der Waals surface area (Å²) < 4.78 is 13.8. The highest BCUT2D eigenvalue weighted by atomic mass is 35.5. The Morgan fingerprint density at radius 2 is 2.33 bits per heavy atom. The van der Waals surface area contributed by atoms with Gasteiger partial charge in [0.25, 0.3) is 0 Å². The smallest absolute Gasteiger partial charge is 0.417 e. The van der Waals surface area contributed by atoms with Gasteiger partial charge in [0.15, 0.2) is 0 Å². The summed E-state index contributed by atoms with van der Waals surface area (Å²) in [6, 6.07) is 3.72. The van der Waals surface area contributed by atoms with Crippen LogP contribution in [0.15, 0.2) is 18.2 Å². The van der Waals surface area contributed by atoms with E-state index in [2.05, 4.69) is 4.98 Å². The van der Waals surface area contributed by atoms with E-state index in [9.17, 15) is 9.18 Å². The third-order valence-electron chi connectivity index (χ3n) is 2.00. The van der Waals surface area contributed by atoms with Crippen LogP contribution in [0.3, 0.4) is 0 Å². The molecule has 0 aliphatic rings. The SMILES string of the molecule is O=C(O)n1c(CCl)nc2cc(F)ccc21. The van der Waals surface area contributed by atoms with Crippen LogP contribution in [0.2, 0.25) is 0 Å². The first-order valence-corrected chi connectivity index (χ1v) is 4.63. The summed E-state index contributed by atoms with van der Waals surface area (Å²) in [5.41, 5.74) is 0.618. The number of benzene rings is 1. The zero-order chi connectivity index (χ0) is 11.0. The Hall–Kier alpha value is -1.62. The van der Waals surface area contributed by atoms with Gasteiger partial charge in [-0.3, -0.25) is 0 Å². The van der Waals surface area contributed by atoms with Gasteiger partial charge < -0.3 is 5.11 Å². The van der Waals surface area contributed by atoms with Crippen LogP contribution in [-0.2, 0) is 5.88 Å². The van der Waals surface area contributed by atoms with Gasteiger partial charge in [0.1, 0.15) is 11.6 Å². The Bertz CT molecular complexity index is 538. The minimum Gasteiger partial charge on any atom is -0.464 e. The molecule has 78 valence electrons. The highest BCUT2D eigenvalue weighted by Crippen LogP contribution is 2.18. The van der Waals surface area contributed by atoms with E-state index < -0.39 is 11.9 Å². The van der Waals surface area contributed by atoms with Crippen molar-refractivity contribution in [2.24, 2.45) is 0 Å². The van der Waals surface area contributed by atoms with Crippen molar-refractivity contribution in [2.45, 2.75) is 5.88 Å². The van der Waals surface area contributed by atoms with Crippen LogP contribution in [0.4, 0.5) is 9.18 Å². The van der Waals surface area contributed by atoms with Gasteiger partial charge in [0, 0.05) is 6.07 Å². The second kappa shape index (κ2) is 3.51. The summed E-state index contributed by atoms with van der Waals surface area (Å²) in [5.74, 6) is -0.314. The number of carboxylic acid groups (broad SMARTS) is 1. The molecule has 0 spiro atoms. The molecule has 2 rings (SSSR count). The number of nitrogens with zero attached hydrogens (tertiary/aromatic N) is 2. The van der Waals surface area contributed by atoms with Crippen LogP contribution >= 0.6 is 11.6 Å². The molecule has 0 amide bonds. The van der Waals surface area contributed by atoms with E-state index in [0.29, 0.717) is 5.52 Å². The lowest BCUT2D eigenvalue weighted by molar-refractivity contribution is 0.196. The second-order valence-corrected chi connectivity index (χ2v) is 3.18. The van der Waals surface area contributed by atoms with Gasteiger partial charge >= 0.3 is 6.09 Å². The molecule has 1 heterocycles. The van der Waals surface area contributed by atoms with Crippen molar-refractivity contribution < 1.29 is 14.3 Å². The molecule has 4 nitrogen and oxygen atoms in total. The Labute approximate surface area is 88.9 Å². The number of imidazole rings is 1. The molecule has 0 fully saturated rings. The molecule has 0 atom stereocenters. The maximum absolute atomic E-state index is 12.9. The predicted molar refractivity (Wildman–Crippen MR) is 52.7 cm³/mol. The maximum atomic E-state index is 12.9. The molecule has 1 aromatic heterocycles. The van der Waals surface area contributed by atoms with Gasteiger partial charge in [-0.15, -0.1) is 11.6 Å². The zero-order valence-electron chi connectivity index (χ0n) is 7.44. The van der Waals surface area contributed by atoms with E-state index in [0.717, 1.165) is 4.57 Å². The van der Waals surface area contributed by atoms with Gasteiger partial charge in [0.2, 0.25) is 0 Å². The largest absolute Gasteiger partial charge is 0.464 e. The summed E-state index contributed by atoms with van der Waals surface area (Å²) in [6.45, 7) is 0. The van der Waals surface area contributed by atoms with Crippen molar-refractivity contribution in [3.63, 3.8) is 0 Å². The van der Waals surface area contributed by atoms with E-state index in [4.69, 9.17) is 16.7 Å². The first-order valence-electron chi connectivity index (χ1n) is 4.09. The van der Waals surface area contributed by atoms with Gasteiger partial charge in [-0.2, -0.15) is 0 Å². The average Bonchev–Trinajstić information content (AvgIpc) is 2.54. The van der Waals surface area contributed by atoms with E-state index >= 15 is 0 Å². The summed E-state index contributed by atoms with van der Waals surface area (Å²) in [7, 11) is 0. The lowest BCUT2D eigenvalue weighted by Crippen LogP contribution is -2.10. The topological polar surface area (TPSA) is 55.1 Å². The number of fused-ring (bicyclic) bond motifs is 1. The number of carbonyl (C=O) groups is 1. The molecule has 1 aromatic carbocycles. The third kappa shape index (κ3) is 1.55. The fraction of sp³-hybridized carbons (Fsp3) is 0.111. The minimum atomic E-state index is -1.18. The lowest BCUT2D eigenvalue weighted by atomic mass is 10.3. The lowest BCUT2D eigenvalue weighted by Gasteiger charge is -1.98. The fourth-order valence-corrected chi connectivity index (χ4v) is 1.59. The van der Waals surface area contributed by atoms with Crippen molar-refractivity contribution in [3.8, 4) is 0 Å². The van der Waals surface area contributed by atoms with Crippen LogP contribution in [0.5, 0.6) is 0 Å². The Kier molecular flexibility index (Phi) is 2.32. The first-order chi connectivity index (χ1) is 7.13. The van der Waals surface area contributed by atoms with Crippen molar-refractivity contribution in [3.05, 3.63) is 29.8 Å². The van der Waals surface area contributed by atoms with E-state index in [1.54, 1.807) is 0 Å². The minimum absolute atomic E-state index is 0.0391. The van der Waals surface area contributed by atoms with E-state index in [1.165, 1.54) is 18.2 Å². The van der Waals surface area contributed by atoms with Gasteiger partial charge in [-0.25, -0.2) is 18.7 Å². The molecule has 0 aliphatic heterocycles. The van der Waals surface area contributed by atoms with Crippen LogP contribution in [0, 0.1) is 5.82 Å². The number of hydrogen-bond donors (Lipinski definition) is 1. The molecule has 2 aromatic rings. The predicted octanol–water partition coefficient (Wildman–Crippen LogP) is 2.44. The quantitative estimate of drug-likeness (QED) is 0.763. The Morgan fingerprint density at radius 1 is 1.60 bits per heavy atom. The molecular formula is C9H6ClFN2O2.